The maximum atomic E-state index is 12.8. The molecule has 3 fully saturated rings. The van der Waals surface area contributed by atoms with Crippen LogP contribution in [0.15, 0.2) is 0 Å². The predicted octanol–water partition coefficient (Wildman–Crippen LogP) is 1.19. The van der Waals surface area contributed by atoms with E-state index in [-0.39, 0.29) is 11.9 Å². The summed E-state index contributed by atoms with van der Waals surface area (Å²) in [6, 6.07) is -0.810. The van der Waals surface area contributed by atoms with Gasteiger partial charge in [0, 0.05) is 6.61 Å². The van der Waals surface area contributed by atoms with E-state index in [1.807, 2.05) is 0 Å². The van der Waals surface area contributed by atoms with Gasteiger partial charge in [0.15, 0.2) is 0 Å². The van der Waals surface area contributed by atoms with E-state index < -0.39 is 17.4 Å². The molecule has 0 aromatic rings. The second kappa shape index (κ2) is 5.16. The second-order valence-electron chi connectivity index (χ2n) is 5.95. The molecule has 1 atom stereocenters. The van der Waals surface area contributed by atoms with Crippen molar-refractivity contribution in [1.82, 2.24) is 10.2 Å². The van der Waals surface area contributed by atoms with Crippen LogP contribution in [0.5, 0.6) is 0 Å². The molecule has 110 valence electrons. The number of ether oxygens (including phenoxy) is 1. The highest BCUT2D eigenvalue weighted by Crippen LogP contribution is 2.41. The van der Waals surface area contributed by atoms with E-state index in [1.54, 1.807) is 0 Å². The van der Waals surface area contributed by atoms with Crippen molar-refractivity contribution < 1.29 is 19.1 Å². The molecule has 3 aliphatic rings. The van der Waals surface area contributed by atoms with E-state index in [0.29, 0.717) is 26.1 Å². The lowest BCUT2D eigenvalue weighted by atomic mass is 9.71. The van der Waals surface area contributed by atoms with Crippen molar-refractivity contribution in [2.24, 2.45) is 5.41 Å². The Hall–Kier alpha value is -1.43. The number of barbiturate groups is 1. The molecule has 4 amide bonds. The number of hydrogen-bond acceptors (Lipinski definition) is 4. The van der Waals surface area contributed by atoms with Crippen LogP contribution >= 0.6 is 0 Å². The van der Waals surface area contributed by atoms with Gasteiger partial charge in [-0.1, -0.05) is 19.3 Å². The van der Waals surface area contributed by atoms with Crippen molar-refractivity contribution in [1.29, 1.82) is 0 Å². The molecular formula is C14H20N2O4. The van der Waals surface area contributed by atoms with Gasteiger partial charge in [0.05, 0.1) is 12.6 Å². The van der Waals surface area contributed by atoms with Crippen molar-refractivity contribution in [3.05, 3.63) is 0 Å². The van der Waals surface area contributed by atoms with Crippen molar-refractivity contribution in [3.63, 3.8) is 0 Å². The molecule has 1 spiro atoms. The van der Waals surface area contributed by atoms with Crippen LogP contribution in [0.1, 0.15) is 44.9 Å². The molecular weight excluding hydrogens is 260 g/mol. The highest BCUT2D eigenvalue weighted by Gasteiger charge is 2.55. The van der Waals surface area contributed by atoms with E-state index in [0.717, 1.165) is 32.1 Å². The maximum Gasteiger partial charge on any atom is 0.331 e. The van der Waals surface area contributed by atoms with Crippen LogP contribution in [0.2, 0.25) is 0 Å². The first kappa shape index (κ1) is 13.5. The fraction of sp³-hybridized carbons (Fsp3) is 0.786. The molecule has 2 aliphatic heterocycles. The summed E-state index contributed by atoms with van der Waals surface area (Å²) in [5.74, 6) is -0.707. The van der Waals surface area contributed by atoms with E-state index in [2.05, 4.69) is 5.32 Å². The maximum absolute atomic E-state index is 12.8. The fourth-order valence-corrected chi connectivity index (χ4v) is 3.55. The number of imide groups is 2. The molecule has 0 aromatic heterocycles. The Kier molecular flexibility index (Phi) is 3.50. The summed E-state index contributed by atoms with van der Waals surface area (Å²) in [6.45, 7) is 1.05. The fourth-order valence-electron chi connectivity index (χ4n) is 3.55. The smallest absolute Gasteiger partial charge is 0.331 e. The number of urea groups is 1. The average molecular weight is 280 g/mol. The highest BCUT2D eigenvalue weighted by molar-refractivity contribution is 6.19. The minimum Gasteiger partial charge on any atom is -0.379 e. The van der Waals surface area contributed by atoms with E-state index in [9.17, 15) is 14.4 Å². The van der Waals surface area contributed by atoms with Crippen LogP contribution in [-0.4, -0.2) is 42.0 Å². The van der Waals surface area contributed by atoms with Crippen molar-refractivity contribution in [3.8, 4) is 0 Å². The summed E-state index contributed by atoms with van der Waals surface area (Å²) in [5, 5.41) is 2.39. The number of carbonyl (C=O) groups is 3. The zero-order valence-electron chi connectivity index (χ0n) is 11.5. The first-order chi connectivity index (χ1) is 9.65. The Morgan fingerprint density at radius 1 is 1.10 bits per heavy atom. The summed E-state index contributed by atoms with van der Waals surface area (Å²) in [4.78, 5) is 38.3. The van der Waals surface area contributed by atoms with Crippen LogP contribution in [0.4, 0.5) is 4.79 Å². The number of nitrogens with zero attached hydrogens (tertiary/aromatic N) is 1. The molecule has 0 radical (unpaired) electrons. The van der Waals surface area contributed by atoms with Gasteiger partial charge in [0.2, 0.25) is 11.8 Å². The summed E-state index contributed by atoms with van der Waals surface area (Å²) in [6.07, 6.45) is 5.46. The molecule has 0 aromatic carbocycles. The largest absolute Gasteiger partial charge is 0.379 e. The lowest BCUT2D eigenvalue weighted by Gasteiger charge is -2.44. The lowest BCUT2D eigenvalue weighted by molar-refractivity contribution is -0.157. The third kappa shape index (κ3) is 2.02. The van der Waals surface area contributed by atoms with Gasteiger partial charge < -0.3 is 4.74 Å². The lowest BCUT2D eigenvalue weighted by Crippen LogP contribution is -2.67. The van der Waals surface area contributed by atoms with Gasteiger partial charge in [0.1, 0.15) is 5.41 Å². The van der Waals surface area contributed by atoms with Gasteiger partial charge in [-0.3, -0.25) is 19.8 Å². The summed E-state index contributed by atoms with van der Waals surface area (Å²) in [7, 11) is 0. The number of amides is 4. The Labute approximate surface area is 117 Å². The summed E-state index contributed by atoms with van der Waals surface area (Å²) < 4.78 is 5.38. The number of hydrogen-bond donors (Lipinski definition) is 1. The van der Waals surface area contributed by atoms with Crippen LogP contribution in [0.3, 0.4) is 0 Å². The zero-order valence-corrected chi connectivity index (χ0v) is 11.5. The van der Waals surface area contributed by atoms with Gasteiger partial charge in [-0.25, -0.2) is 4.79 Å². The third-order valence-electron chi connectivity index (χ3n) is 4.71. The minimum atomic E-state index is -1.01. The van der Waals surface area contributed by atoms with E-state index >= 15 is 0 Å². The molecule has 1 aliphatic carbocycles. The number of carbonyl (C=O) groups excluding carboxylic acids is 3. The minimum absolute atomic E-state index is 0.233. The molecule has 3 rings (SSSR count). The third-order valence-corrected chi connectivity index (χ3v) is 4.71. The summed E-state index contributed by atoms with van der Waals surface area (Å²) in [5.41, 5.74) is -1.01. The van der Waals surface area contributed by atoms with Gasteiger partial charge in [-0.15, -0.1) is 0 Å². The van der Waals surface area contributed by atoms with Crippen molar-refractivity contribution in [2.45, 2.75) is 51.0 Å². The van der Waals surface area contributed by atoms with E-state index in [4.69, 9.17) is 4.74 Å². The molecule has 1 N–H and O–H groups in total. The van der Waals surface area contributed by atoms with Gasteiger partial charge in [-0.2, -0.15) is 0 Å². The van der Waals surface area contributed by atoms with Gasteiger partial charge in [-0.05, 0) is 25.7 Å². The van der Waals surface area contributed by atoms with Crippen LogP contribution in [-0.2, 0) is 14.3 Å². The Balaban J connectivity index is 1.88. The monoisotopic (exact) mass is 280 g/mol. The standard InChI is InChI=1S/C14H20N2O4/c17-11-14(6-2-1-3-7-14)12(18)16(13(19)15-11)10-5-4-8-20-9-10/h10H,1-9H2,(H,15,17,19). The average Bonchev–Trinajstić information content (AvgIpc) is 2.48. The molecule has 0 bridgehead atoms. The van der Waals surface area contributed by atoms with Crippen molar-refractivity contribution >= 4 is 17.8 Å². The quantitative estimate of drug-likeness (QED) is 0.732. The molecule has 20 heavy (non-hydrogen) atoms. The van der Waals surface area contributed by atoms with Crippen molar-refractivity contribution in [2.75, 3.05) is 13.2 Å². The SMILES string of the molecule is O=C1NC(=O)C2(CCCCC2)C(=O)N1C1CCCOC1. The van der Waals surface area contributed by atoms with Crippen LogP contribution in [0, 0.1) is 5.41 Å². The number of rotatable bonds is 1. The number of nitrogens with one attached hydrogen (secondary N) is 1. The first-order valence-electron chi connectivity index (χ1n) is 7.42. The molecule has 1 saturated carbocycles. The normalized spacial score (nSPS) is 30.5. The van der Waals surface area contributed by atoms with Gasteiger partial charge >= 0.3 is 6.03 Å². The molecule has 2 heterocycles. The van der Waals surface area contributed by atoms with Gasteiger partial charge in [0.25, 0.3) is 0 Å². The Morgan fingerprint density at radius 2 is 1.85 bits per heavy atom. The summed E-state index contributed by atoms with van der Waals surface area (Å²) >= 11 is 0. The van der Waals surface area contributed by atoms with E-state index in [1.165, 1.54) is 4.90 Å². The van der Waals surface area contributed by atoms with Crippen LogP contribution in [0.25, 0.3) is 0 Å². The second-order valence-corrected chi connectivity index (χ2v) is 5.95. The first-order valence-corrected chi connectivity index (χ1v) is 7.42. The Bertz CT molecular complexity index is 436. The molecule has 2 saturated heterocycles. The zero-order chi connectivity index (χ0) is 14.2. The Morgan fingerprint density at radius 3 is 2.50 bits per heavy atom. The topological polar surface area (TPSA) is 75.7 Å². The molecule has 6 heteroatoms. The predicted molar refractivity (Wildman–Crippen MR) is 69.7 cm³/mol. The molecule has 6 nitrogen and oxygen atoms in total. The molecule has 1 unspecified atom stereocenters. The van der Waals surface area contributed by atoms with Crippen LogP contribution < -0.4 is 5.32 Å². The highest BCUT2D eigenvalue weighted by atomic mass is 16.5.